The minimum Gasteiger partial charge on any atom is -0.480 e. The minimum absolute atomic E-state index is 0.248. The number of hydrogen-bond donors (Lipinski definition) is 2. The molecule has 0 aliphatic heterocycles. The van der Waals surface area contributed by atoms with Gasteiger partial charge in [-0.3, -0.25) is 4.79 Å². The Morgan fingerprint density at radius 2 is 2.00 bits per heavy atom. The highest BCUT2D eigenvalue weighted by Gasteiger charge is 2.14. The number of halogens is 1. The number of carboxylic acids is 1. The zero-order valence-corrected chi connectivity index (χ0v) is 10.6. The number of sulfonamides is 1. The van der Waals surface area contributed by atoms with Crippen LogP contribution < -0.4 is 4.72 Å². The van der Waals surface area contributed by atoms with Gasteiger partial charge in [-0.1, -0.05) is 34.1 Å². The van der Waals surface area contributed by atoms with Crippen LogP contribution in [-0.2, 0) is 20.6 Å². The zero-order chi connectivity index (χ0) is 12.2. The molecule has 0 aliphatic carbocycles. The van der Waals surface area contributed by atoms with Crippen molar-refractivity contribution >= 4 is 31.9 Å². The Morgan fingerprint density at radius 1 is 1.38 bits per heavy atom. The normalized spacial score (nSPS) is 11.3. The van der Waals surface area contributed by atoms with Crippen LogP contribution in [0, 0.1) is 0 Å². The van der Waals surface area contributed by atoms with E-state index in [0.29, 0.717) is 10.0 Å². The second kappa shape index (κ2) is 5.42. The fraction of sp³-hybridized carbons (Fsp3) is 0.222. The van der Waals surface area contributed by atoms with Gasteiger partial charge < -0.3 is 5.11 Å². The molecule has 2 N–H and O–H groups in total. The Labute approximate surface area is 102 Å². The van der Waals surface area contributed by atoms with Gasteiger partial charge in [0.1, 0.15) is 6.54 Å². The first-order valence-electron chi connectivity index (χ1n) is 4.33. The largest absolute Gasteiger partial charge is 0.480 e. The Balaban J connectivity index is 2.73. The lowest BCUT2D eigenvalue weighted by molar-refractivity contribution is -0.135. The van der Waals surface area contributed by atoms with Crippen molar-refractivity contribution in [1.82, 2.24) is 4.72 Å². The number of hydrogen-bond acceptors (Lipinski definition) is 3. The predicted octanol–water partition coefficient (Wildman–Crippen LogP) is 0.953. The monoisotopic (exact) mass is 307 g/mol. The van der Waals surface area contributed by atoms with E-state index in [2.05, 4.69) is 15.9 Å². The van der Waals surface area contributed by atoms with E-state index >= 15 is 0 Å². The van der Waals surface area contributed by atoms with Crippen LogP contribution in [0.3, 0.4) is 0 Å². The van der Waals surface area contributed by atoms with Crippen molar-refractivity contribution in [1.29, 1.82) is 0 Å². The number of carboxylic acid groups (broad SMARTS) is 1. The van der Waals surface area contributed by atoms with Crippen LogP contribution in [0.1, 0.15) is 5.56 Å². The van der Waals surface area contributed by atoms with Gasteiger partial charge in [-0.2, -0.15) is 0 Å². The summed E-state index contributed by atoms with van der Waals surface area (Å²) in [5.74, 6) is -1.46. The molecule has 0 unspecified atom stereocenters. The Morgan fingerprint density at radius 3 is 2.56 bits per heavy atom. The molecule has 0 spiro atoms. The molecule has 0 bridgehead atoms. The topological polar surface area (TPSA) is 83.5 Å². The summed E-state index contributed by atoms with van der Waals surface area (Å²) in [4.78, 5) is 10.2. The second-order valence-electron chi connectivity index (χ2n) is 3.07. The third-order valence-electron chi connectivity index (χ3n) is 1.75. The summed E-state index contributed by atoms with van der Waals surface area (Å²) in [6.07, 6.45) is 0. The van der Waals surface area contributed by atoms with E-state index in [1.165, 1.54) is 0 Å². The average Bonchev–Trinajstić information content (AvgIpc) is 2.19. The van der Waals surface area contributed by atoms with Crippen molar-refractivity contribution in [3.63, 3.8) is 0 Å². The molecule has 1 aromatic carbocycles. The summed E-state index contributed by atoms with van der Waals surface area (Å²) >= 11 is 3.22. The van der Waals surface area contributed by atoms with Crippen molar-refractivity contribution in [2.24, 2.45) is 0 Å². The quantitative estimate of drug-likeness (QED) is 0.848. The van der Waals surface area contributed by atoms with Crippen LogP contribution in [0.4, 0.5) is 0 Å². The summed E-state index contributed by atoms with van der Waals surface area (Å²) in [7, 11) is -3.61. The molecule has 7 heteroatoms. The number of nitrogens with one attached hydrogen (secondary N) is 1. The molecular weight excluding hydrogens is 298 g/mol. The molecule has 5 nitrogen and oxygen atoms in total. The molecule has 0 aliphatic rings. The molecule has 0 amide bonds. The summed E-state index contributed by atoms with van der Waals surface area (Å²) in [6.45, 7) is -0.604. The van der Waals surface area contributed by atoms with E-state index in [1.807, 2.05) is 4.72 Å². The smallest absolute Gasteiger partial charge is 0.318 e. The molecule has 0 aromatic heterocycles. The summed E-state index contributed by atoms with van der Waals surface area (Å²) in [5.41, 5.74) is 0.584. The van der Waals surface area contributed by atoms with Crippen molar-refractivity contribution in [2.75, 3.05) is 6.54 Å². The Kier molecular flexibility index (Phi) is 4.45. The van der Waals surface area contributed by atoms with Crippen molar-refractivity contribution in [2.45, 2.75) is 5.75 Å². The maximum absolute atomic E-state index is 11.5. The molecule has 1 aromatic rings. The van der Waals surface area contributed by atoms with Crippen molar-refractivity contribution in [3.05, 3.63) is 34.3 Å². The molecule has 0 fully saturated rings. The highest BCUT2D eigenvalue weighted by atomic mass is 79.9. The first kappa shape index (κ1) is 13.1. The van der Waals surface area contributed by atoms with Crippen LogP contribution in [0.15, 0.2) is 28.7 Å². The second-order valence-corrected chi connectivity index (χ2v) is 5.73. The fourth-order valence-electron chi connectivity index (χ4n) is 1.04. The van der Waals surface area contributed by atoms with Gasteiger partial charge in [-0.05, 0) is 11.6 Å². The number of carbonyl (C=O) groups is 1. The Hall–Kier alpha value is -0.920. The average molecular weight is 308 g/mol. The van der Waals surface area contributed by atoms with E-state index in [9.17, 15) is 13.2 Å². The highest BCUT2D eigenvalue weighted by Crippen LogP contribution is 2.17. The lowest BCUT2D eigenvalue weighted by atomic mass is 10.2. The fourth-order valence-corrected chi connectivity index (χ4v) is 2.76. The molecule has 1 rings (SSSR count). The molecule has 16 heavy (non-hydrogen) atoms. The first-order valence-corrected chi connectivity index (χ1v) is 6.78. The van der Waals surface area contributed by atoms with Gasteiger partial charge >= 0.3 is 5.97 Å². The molecule has 88 valence electrons. The number of aliphatic carboxylic acids is 1. The van der Waals surface area contributed by atoms with Crippen LogP contribution in [0.5, 0.6) is 0 Å². The lowest BCUT2D eigenvalue weighted by Gasteiger charge is -2.06. The van der Waals surface area contributed by atoms with Crippen LogP contribution >= 0.6 is 15.9 Å². The molecule has 0 heterocycles. The third kappa shape index (κ3) is 4.30. The van der Waals surface area contributed by atoms with Gasteiger partial charge in [-0.15, -0.1) is 0 Å². The maximum atomic E-state index is 11.5. The van der Waals surface area contributed by atoms with E-state index in [-0.39, 0.29) is 5.75 Å². The van der Waals surface area contributed by atoms with E-state index in [4.69, 9.17) is 5.11 Å². The van der Waals surface area contributed by atoms with Crippen LogP contribution in [-0.4, -0.2) is 26.0 Å². The van der Waals surface area contributed by atoms with Gasteiger partial charge in [0, 0.05) is 4.47 Å². The maximum Gasteiger partial charge on any atom is 0.318 e. The molecule has 0 saturated heterocycles. The molecule has 0 atom stereocenters. The SMILES string of the molecule is O=C(O)CNS(=O)(=O)Cc1ccccc1Br. The first-order chi connectivity index (χ1) is 7.41. The van der Waals surface area contributed by atoms with Crippen molar-refractivity contribution < 1.29 is 18.3 Å². The van der Waals surface area contributed by atoms with Gasteiger partial charge in [0.2, 0.25) is 10.0 Å². The molecular formula is C9H10BrNO4S. The molecule has 0 radical (unpaired) electrons. The predicted molar refractivity (Wildman–Crippen MR) is 62.4 cm³/mol. The van der Waals surface area contributed by atoms with Crippen LogP contribution in [0.25, 0.3) is 0 Å². The van der Waals surface area contributed by atoms with Gasteiger partial charge in [0.25, 0.3) is 0 Å². The summed E-state index contributed by atoms with van der Waals surface area (Å²) in [6, 6.07) is 6.86. The van der Waals surface area contributed by atoms with Gasteiger partial charge in [0.15, 0.2) is 0 Å². The summed E-state index contributed by atoms with van der Waals surface area (Å²) in [5, 5.41) is 8.36. The van der Waals surface area contributed by atoms with Gasteiger partial charge in [0.05, 0.1) is 5.75 Å². The standard InChI is InChI=1S/C9H10BrNO4S/c10-8-4-2-1-3-7(8)6-16(14,15)11-5-9(12)13/h1-4,11H,5-6H2,(H,12,13). The van der Waals surface area contributed by atoms with Crippen molar-refractivity contribution in [3.8, 4) is 0 Å². The number of rotatable bonds is 5. The third-order valence-corrected chi connectivity index (χ3v) is 3.80. The summed E-state index contributed by atoms with van der Waals surface area (Å²) < 4.78 is 25.6. The highest BCUT2D eigenvalue weighted by molar-refractivity contribution is 9.10. The Bertz CT molecular complexity index is 486. The van der Waals surface area contributed by atoms with E-state index in [1.54, 1.807) is 24.3 Å². The van der Waals surface area contributed by atoms with E-state index < -0.39 is 22.5 Å². The van der Waals surface area contributed by atoms with Gasteiger partial charge in [-0.25, -0.2) is 13.1 Å². The number of benzene rings is 1. The minimum atomic E-state index is -3.61. The van der Waals surface area contributed by atoms with Crippen LogP contribution in [0.2, 0.25) is 0 Å². The van der Waals surface area contributed by atoms with E-state index in [0.717, 1.165) is 0 Å². The molecule has 0 saturated carbocycles. The lowest BCUT2D eigenvalue weighted by Crippen LogP contribution is -2.30. The zero-order valence-electron chi connectivity index (χ0n) is 8.18.